The molecule has 0 bridgehead atoms. The Hall–Kier alpha value is -4.47. The lowest BCUT2D eigenvalue weighted by Gasteiger charge is -2.17. The Kier molecular flexibility index (Phi) is 11.2. The minimum atomic E-state index is -0.919. The first-order valence-electron chi connectivity index (χ1n) is 14.6. The van der Waals surface area contributed by atoms with Gasteiger partial charge in [-0.05, 0) is 97.5 Å². The number of aliphatic carboxylic acids is 2. The van der Waals surface area contributed by atoms with Crippen LogP contribution in [0.2, 0.25) is 0 Å². The standard InChI is InChI=1S/C33H43N4O6.H2/c1-7-9-18(3)32(42)34-15-14-25-20(5)23(10-12-30(38)39)28(35-25)17-29-24(11-13-31(40)41)21(6)26(36-29)16-27-19(4)22(8-2)33(43)37-27;/h9,14-18,35-37,43H,7-8,10-13H2,1-6H3,(H,34,42)(H,38,39)(H,40,41);1H/q-1;/p-1/b15-14-,26-16+,29-17-;/t18-;/m1./s1. The van der Waals surface area contributed by atoms with E-state index in [0.29, 0.717) is 23.2 Å². The van der Waals surface area contributed by atoms with E-state index in [9.17, 15) is 29.7 Å². The van der Waals surface area contributed by atoms with Crippen molar-refractivity contribution in [3.05, 3.63) is 73.8 Å². The van der Waals surface area contributed by atoms with E-state index >= 15 is 0 Å². The van der Waals surface area contributed by atoms with Gasteiger partial charge in [-0.25, -0.2) is 0 Å². The van der Waals surface area contributed by atoms with Crippen molar-refractivity contribution in [3.63, 3.8) is 0 Å². The Morgan fingerprint density at radius 2 is 1.47 bits per heavy atom. The number of H-pyrrole nitrogens is 3. The zero-order valence-electron chi connectivity index (χ0n) is 25.7. The molecular weight excluding hydrogens is 548 g/mol. The molecule has 3 rings (SSSR count). The molecular formula is C33H44N4O6-2. The Morgan fingerprint density at radius 3 is 2.05 bits per heavy atom. The van der Waals surface area contributed by atoms with Crippen molar-refractivity contribution >= 4 is 36.1 Å². The van der Waals surface area contributed by atoms with Crippen LogP contribution >= 0.6 is 0 Å². The summed E-state index contributed by atoms with van der Waals surface area (Å²) in [5.74, 6) is -2.31. The van der Waals surface area contributed by atoms with E-state index in [1.165, 1.54) is 0 Å². The highest BCUT2D eigenvalue weighted by atomic mass is 16.4. The van der Waals surface area contributed by atoms with Crippen LogP contribution in [0.4, 0.5) is 0 Å². The Morgan fingerprint density at radius 1 is 0.860 bits per heavy atom. The number of carboxylic acid groups (broad SMARTS) is 2. The first kappa shape index (κ1) is 33.0. The van der Waals surface area contributed by atoms with Crippen molar-refractivity contribution in [1.82, 2.24) is 20.3 Å². The minimum Gasteiger partial charge on any atom is -0.860 e. The lowest BCUT2D eigenvalue weighted by atomic mass is 10.0. The number of hydrogen-bond acceptors (Lipinski definition) is 4. The maximum atomic E-state index is 12.4. The highest BCUT2D eigenvalue weighted by molar-refractivity contribution is 5.81. The molecule has 0 aliphatic rings. The maximum absolute atomic E-state index is 12.4. The van der Waals surface area contributed by atoms with Crippen LogP contribution in [-0.2, 0) is 33.6 Å². The molecule has 6 N–H and O–H groups in total. The van der Waals surface area contributed by atoms with Crippen LogP contribution in [0.1, 0.15) is 91.9 Å². The van der Waals surface area contributed by atoms with Crippen LogP contribution in [0, 0.1) is 33.1 Å². The number of rotatable bonds is 14. The Balaban J connectivity index is 0.00000675. The van der Waals surface area contributed by atoms with E-state index in [1.807, 2.05) is 60.1 Å². The molecule has 0 saturated carbocycles. The van der Waals surface area contributed by atoms with E-state index in [0.717, 1.165) is 50.8 Å². The monoisotopic (exact) mass is 592 g/mol. The molecule has 10 nitrogen and oxygen atoms in total. The molecule has 3 aromatic heterocycles. The normalized spacial score (nSPS) is 13.3. The third-order valence-electron chi connectivity index (χ3n) is 7.87. The summed E-state index contributed by atoms with van der Waals surface area (Å²) in [6.07, 6.45) is 10.8. The van der Waals surface area contributed by atoms with Gasteiger partial charge in [0.1, 0.15) is 0 Å². The first-order valence-corrected chi connectivity index (χ1v) is 14.6. The van der Waals surface area contributed by atoms with Gasteiger partial charge >= 0.3 is 11.9 Å². The lowest BCUT2D eigenvalue weighted by molar-refractivity contribution is -0.275. The number of aromatic nitrogens is 3. The molecule has 0 fully saturated rings. The van der Waals surface area contributed by atoms with Crippen molar-refractivity contribution in [2.45, 2.75) is 80.1 Å². The molecule has 3 aromatic rings. The van der Waals surface area contributed by atoms with Gasteiger partial charge < -0.3 is 42.0 Å². The topological polar surface area (TPSA) is 174 Å². The van der Waals surface area contributed by atoms with E-state index < -0.39 is 11.9 Å². The van der Waals surface area contributed by atoms with Gasteiger partial charge in [0.2, 0.25) is 0 Å². The summed E-state index contributed by atoms with van der Waals surface area (Å²) in [5, 5.41) is 35.4. The van der Waals surface area contributed by atoms with E-state index in [1.54, 1.807) is 12.3 Å². The third kappa shape index (κ3) is 8.09. The molecule has 0 aromatic carbocycles. The number of amides is 1. The SMILES string of the molecule is CC[CH-][C@@H](C)C(=O)N/C=C\c1[nH]c(/C=c2\[nH]/c(=C/c3[nH]c([O-])c(CC)c3C)c(C)c2CCC(=O)O)c(CCC(=O)O)c1C.[HH]. The fourth-order valence-corrected chi connectivity index (χ4v) is 5.31. The quantitative estimate of drug-likeness (QED) is 0.156. The highest BCUT2D eigenvalue weighted by Gasteiger charge is 2.15. The van der Waals surface area contributed by atoms with Crippen molar-refractivity contribution in [3.8, 4) is 5.88 Å². The number of hydrogen-bond donors (Lipinski definition) is 6. The zero-order chi connectivity index (χ0) is 31.8. The van der Waals surface area contributed by atoms with Crippen molar-refractivity contribution in [2.75, 3.05) is 0 Å². The Labute approximate surface area is 253 Å². The second-order valence-corrected chi connectivity index (χ2v) is 10.8. The molecule has 0 spiro atoms. The van der Waals surface area contributed by atoms with Gasteiger partial charge in [-0.15, -0.1) is 0 Å². The molecule has 0 aliphatic heterocycles. The van der Waals surface area contributed by atoms with Crippen LogP contribution in [0.5, 0.6) is 5.88 Å². The van der Waals surface area contributed by atoms with Crippen LogP contribution in [0.15, 0.2) is 6.20 Å². The predicted molar refractivity (Wildman–Crippen MR) is 167 cm³/mol. The van der Waals surface area contributed by atoms with Gasteiger partial charge in [0.05, 0.1) is 0 Å². The fraction of sp³-hybridized carbons (Fsp3) is 0.394. The summed E-state index contributed by atoms with van der Waals surface area (Å²) < 4.78 is 0. The first-order chi connectivity index (χ1) is 20.4. The molecule has 10 heteroatoms. The van der Waals surface area contributed by atoms with Gasteiger partial charge in [0.25, 0.3) is 0 Å². The highest BCUT2D eigenvalue weighted by Crippen LogP contribution is 2.24. The second-order valence-electron chi connectivity index (χ2n) is 10.8. The number of nitrogens with one attached hydrogen (secondary N) is 4. The van der Waals surface area contributed by atoms with Crippen LogP contribution < -0.4 is 21.1 Å². The molecule has 0 aliphatic carbocycles. The summed E-state index contributed by atoms with van der Waals surface area (Å²) in [6, 6.07) is 0. The second kappa shape index (κ2) is 14.6. The van der Waals surface area contributed by atoms with Gasteiger partial charge in [0.15, 0.2) is 5.91 Å². The number of carbonyl (C=O) groups excluding carboxylic acids is 1. The Bertz CT molecular complexity index is 1640. The van der Waals surface area contributed by atoms with E-state index in [4.69, 9.17) is 0 Å². The molecule has 43 heavy (non-hydrogen) atoms. The number of carboxylic acids is 2. The van der Waals surface area contributed by atoms with Crippen molar-refractivity contribution in [2.24, 2.45) is 5.92 Å². The molecule has 234 valence electrons. The summed E-state index contributed by atoms with van der Waals surface area (Å²) in [4.78, 5) is 44.9. The van der Waals surface area contributed by atoms with Gasteiger partial charge in [0, 0.05) is 48.2 Å². The van der Waals surface area contributed by atoms with Crippen LogP contribution in [0.3, 0.4) is 0 Å². The largest absolute Gasteiger partial charge is 0.860 e. The number of carbonyl (C=O) groups is 3. The molecule has 3 heterocycles. The van der Waals surface area contributed by atoms with Gasteiger partial charge in [-0.3, -0.25) is 14.4 Å². The molecule has 0 unspecified atom stereocenters. The molecule has 1 atom stereocenters. The molecule has 0 saturated heterocycles. The smallest absolute Gasteiger partial charge is 0.303 e. The summed E-state index contributed by atoms with van der Waals surface area (Å²) in [6.45, 7) is 11.4. The number of aromatic amines is 3. The minimum absolute atomic E-state index is 0. The summed E-state index contributed by atoms with van der Waals surface area (Å²) in [7, 11) is 0. The average molecular weight is 593 g/mol. The van der Waals surface area contributed by atoms with Crippen molar-refractivity contribution < 1.29 is 31.1 Å². The fourth-order valence-electron chi connectivity index (χ4n) is 5.31. The van der Waals surface area contributed by atoms with E-state index in [2.05, 4.69) is 20.3 Å². The predicted octanol–water partition coefficient (Wildman–Crippen LogP) is 3.51. The van der Waals surface area contributed by atoms with Crippen molar-refractivity contribution in [1.29, 1.82) is 0 Å². The summed E-state index contributed by atoms with van der Waals surface area (Å²) >= 11 is 0. The lowest BCUT2D eigenvalue weighted by Crippen LogP contribution is -2.24. The maximum Gasteiger partial charge on any atom is 0.303 e. The summed E-state index contributed by atoms with van der Waals surface area (Å²) in [5.41, 5.74) is 7.05. The third-order valence-corrected chi connectivity index (χ3v) is 7.87. The van der Waals surface area contributed by atoms with E-state index in [-0.39, 0.29) is 44.8 Å². The zero-order valence-corrected chi connectivity index (χ0v) is 25.7. The van der Waals surface area contributed by atoms with Crippen LogP contribution in [-0.4, -0.2) is 43.0 Å². The average Bonchev–Trinajstić information content (AvgIpc) is 3.50. The van der Waals surface area contributed by atoms with Gasteiger partial charge in [-0.2, -0.15) is 6.42 Å². The molecule has 1 amide bonds. The van der Waals surface area contributed by atoms with Gasteiger partial charge in [-0.1, -0.05) is 26.7 Å². The van der Waals surface area contributed by atoms with Crippen LogP contribution in [0.25, 0.3) is 18.2 Å². The molecule has 0 radical (unpaired) electrons.